The molecule has 1 aliphatic rings. The Bertz CT molecular complexity index is 830. The van der Waals surface area contributed by atoms with E-state index in [0.29, 0.717) is 16.7 Å². The molecule has 2 aromatic carbocycles. The molecular formula is C20H19NO3S. The highest BCUT2D eigenvalue weighted by Crippen LogP contribution is 2.36. The molecule has 0 amide bonds. The number of ketones is 1. The van der Waals surface area contributed by atoms with Crippen molar-refractivity contribution >= 4 is 28.2 Å². The van der Waals surface area contributed by atoms with Crippen LogP contribution in [0.25, 0.3) is 5.57 Å². The Morgan fingerprint density at radius 1 is 1.16 bits per heavy atom. The van der Waals surface area contributed by atoms with Gasteiger partial charge in [0.15, 0.2) is 12.0 Å². The first-order valence-corrected chi connectivity index (χ1v) is 9.13. The Morgan fingerprint density at radius 2 is 1.92 bits per heavy atom. The lowest BCUT2D eigenvalue weighted by Crippen LogP contribution is -2.09. The number of thioether (sulfide) groups is 1. The summed E-state index contributed by atoms with van der Waals surface area (Å²) in [4.78, 5) is 25.0. The van der Waals surface area contributed by atoms with Gasteiger partial charge in [-0.25, -0.2) is 0 Å². The summed E-state index contributed by atoms with van der Waals surface area (Å²) in [6.07, 6.45) is 0.198. The lowest BCUT2D eigenvalue weighted by Gasteiger charge is -2.09. The minimum Gasteiger partial charge on any atom is -0.462 e. The molecule has 5 heteroatoms. The van der Waals surface area contributed by atoms with Crippen LogP contribution in [0.2, 0.25) is 0 Å². The van der Waals surface area contributed by atoms with Crippen LogP contribution in [-0.4, -0.2) is 16.7 Å². The molecule has 0 aromatic heterocycles. The number of nitrogens with two attached hydrogens (primary N) is 1. The van der Waals surface area contributed by atoms with Crippen molar-refractivity contribution in [1.82, 2.24) is 0 Å². The molecule has 128 valence electrons. The monoisotopic (exact) mass is 353 g/mol. The fraction of sp³-hybridized carbons (Fsp3) is 0.200. The molecule has 0 bridgehead atoms. The van der Waals surface area contributed by atoms with Crippen molar-refractivity contribution in [3.8, 4) is 0 Å². The second kappa shape index (κ2) is 7.57. The van der Waals surface area contributed by atoms with Gasteiger partial charge in [-0.1, -0.05) is 67.2 Å². The lowest BCUT2D eigenvalue weighted by atomic mass is 9.96. The third-order valence-electron chi connectivity index (χ3n) is 3.90. The molecule has 2 aromatic rings. The number of rotatable bonds is 5. The zero-order chi connectivity index (χ0) is 17.8. The van der Waals surface area contributed by atoms with Crippen molar-refractivity contribution in [2.24, 2.45) is 5.73 Å². The number of Topliss-reactive ketones (excluding diaryl/α,β-unsaturated/α-hetero) is 1. The summed E-state index contributed by atoms with van der Waals surface area (Å²) in [6.45, 7) is 2.03. The van der Waals surface area contributed by atoms with Gasteiger partial charge in [0.05, 0.1) is 5.57 Å². The predicted octanol–water partition coefficient (Wildman–Crippen LogP) is 3.94. The van der Waals surface area contributed by atoms with Gasteiger partial charge in [-0.3, -0.25) is 9.59 Å². The van der Waals surface area contributed by atoms with E-state index in [9.17, 15) is 9.59 Å². The minimum absolute atomic E-state index is 0.00570. The SMILES string of the molecule is CCCSC(=O)c1cccc(C2=C(N)OC(c3ccccc3)C2=O)c1. The van der Waals surface area contributed by atoms with Crippen molar-refractivity contribution in [3.63, 3.8) is 0 Å². The van der Waals surface area contributed by atoms with Gasteiger partial charge in [0, 0.05) is 16.9 Å². The Balaban J connectivity index is 1.88. The van der Waals surface area contributed by atoms with Crippen LogP contribution in [0.15, 0.2) is 60.5 Å². The maximum absolute atomic E-state index is 12.8. The van der Waals surface area contributed by atoms with E-state index < -0.39 is 6.10 Å². The number of hydrogen-bond donors (Lipinski definition) is 1. The van der Waals surface area contributed by atoms with Crippen LogP contribution in [-0.2, 0) is 9.53 Å². The van der Waals surface area contributed by atoms with Gasteiger partial charge in [-0.15, -0.1) is 0 Å². The predicted molar refractivity (Wildman–Crippen MR) is 99.9 cm³/mol. The van der Waals surface area contributed by atoms with Crippen LogP contribution >= 0.6 is 11.8 Å². The highest BCUT2D eigenvalue weighted by Gasteiger charge is 2.36. The molecule has 1 aliphatic heterocycles. The van der Waals surface area contributed by atoms with Gasteiger partial charge in [0.25, 0.3) is 0 Å². The van der Waals surface area contributed by atoms with Crippen molar-refractivity contribution < 1.29 is 14.3 Å². The number of ether oxygens (including phenoxy) is 1. The molecule has 0 radical (unpaired) electrons. The van der Waals surface area contributed by atoms with Crippen molar-refractivity contribution in [1.29, 1.82) is 0 Å². The van der Waals surface area contributed by atoms with E-state index in [2.05, 4.69) is 0 Å². The summed E-state index contributed by atoms with van der Waals surface area (Å²) in [5.74, 6) is 0.686. The smallest absolute Gasteiger partial charge is 0.219 e. The second-order valence-corrected chi connectivity index (χ2v) is 6.80. The normalized spacial score (nSPS) is 16.8. The average molecular weight is 353 g/mol. The van der Waals surface area contributed by atoms with Crippen LogP contribution in [0.4, 0.5) is 0 Å². The summed E-state index contributed by atoms with van der Waals surface area (Å²) in [5, 5.41) is -0.00570. The molecule has 1 atom stereocenters. The van der Waals surface area contributed by atoms with Gasteiger partial charge in [0.1, 0.15) is 0 Å². The molecule has 3 rings (SSSR count). The highest BCUT2D eigenvalue weighted by atomic mass is 32.2. The summed E-state index contributed by atoms with van der Waals surface area (Å²) >= 11 is 1.28. The Labute approximate surface area is 151 Å². The zero-order valence-electron chi connectivity index (χ0n) is 13.9. The van der Waals surface area contributed by atoms with Crippen LogP contribution in [0, 0.1) is 0 Å². The third-order valence-corrected chi connectivity index (χ3v) is 5.01. The number of carbonyl (C=O) groups is 2. The molecule has 0 saturated carbocycles. The standard InChI is InChI=1S/C20H19NO3S/c1-2-11-25-20(23)15-10-6-9-14(12-15)16-17(22)18(24-19(16)21)13-7-4-3-5-8-13/h3-10,12,18H,2,11,21H2,1H3. The highest BCUT2D eigenvalue weighted by molar-refractivity contribution is 8.14. The average Bonchev–Trinajstić information content (AvgIpc) is 2.95. The largest absolute Gasteiger partial charge is 0.462 e. The topological polar surface area (TPSA) is 69.4 Å². The summed E-state index contributed by atoms with van der Waals surface area (Å²) in [6, 6.07) is 16.2. The van der Waals surface area contributed by atoms with Gasteiger partial charge in [0.2, 0.25) is 10.9 Å². The Morgan fingerprint density at radius 3 is 2.64 bits per heavy atom. The van der Waals surface area contributed by atoms with Crippen LogP contribution < -0.4 is 5.73 Å². The van der Waals surface area contributed by atoms with Crippen LogP contribution in [0.1, 0.15) is 40.9 Å². The van der Waals surface area contributed by atoms with Gasteiger partial charge < -0.3 is 10.5 Å². The van der Waals surface area contributed by atoms with E-state index in [1.807, 2.05) is 37.3 Å². The second-order valence-electron chi connectivity index (χ2n) is 5.73. The summed E-state index contributed by atoms with van der Waals surface area (Å²) < 4.78 is 5.61. The third kappa shape index (κ3) is 3.61. The quantitative estimate of drug-likeness (QED) is 0.882. The first-order valence-electron chi connectivity index (χ1n) is 8.15. The van der Waals surface area contributed by atoms with E-state index in [-0.39, 0.29) is 16.8 Å². The van der Waals surface area contributed by atoms with Crippen molar-refractivity contribution in [3.05, 3.63) is 77.2 Å². The summed E-state index contributed by atoms with van der Waals surface area (Å²) in [7, 11) is 0. The van der Waals surface area contributed by atoms with Crippen LogP contribution in [0.3, 0.4) is 0 Å². The zero-order valence-corrected chi connectivity index (χ0v) is 14.7. The fourth-order valence-corrected chi connectivity index (χ4v) is 3.39. The van der Waals surface area contributed by atoms with Crippen molar-refractivity contribution in [2.75, 3.05) is 5.75 Å². The van der Waals surface area contributed by atoms with E-state index in [4.69, 9.17) is 10.5 Å². The van der Waals surface area contributed by atoms with E-state index >= 15 is 0 Å². The molecule has 0 spiro atoms. The maximum Gasteiger partial charge on any atom is 0.219 e. The van der Waals surface area contributed by atoms with Gasteiger partial charge >= 0.3 is 0 Å². The molecule has 25 heavy (non-hydrogen) atoms. The molecule has 2 N–H and O–H groups in total. The number of hydrogen-bond acceptors (Lipinski definition) is 5. The fourth-order valence-electron chi connectivity index (χ4n) is 2.70. The molecule has 0 fully saturated rings. The molecular weight excluding hydrogens is 334 g/mol. The molecule has 4 nitrogen and oxygen atoms in total. The first-order chi connectivity index (χ1) is 12.1. The Hall–Kier alpha value is -2.53. The first kappa shape index (κ1) is 17.3. The van der Waals surface area contributed by atoms with Gasteiger partial charge in [-0.05, 0) is 18.1 Å². The molecule has 0 saturated heterocycles. The maximum atomic E-state index is 12.8. The molecule has 1 unspecified atom stereocenters. The van der Waals surface area contributed by atoms with Crippen LogP contribution in [0.5, 0.6) is 0 Å². The summed E-state index contributed by atoms with van der Waals surface area (Å²) in [5.41, 5.74) is 8.26. The Kier molecular flexibility index (Phi) is 5.24. The number of carbonyl (C=O) groups excluding carboxylic acids is 2. The minimum atomic E-state index is -0.731. The van der Waals surface area contributed by atoms with Gasteiger partial charge in [-0.2, -0.15) is 0 Å². The van der Waals surface area contributed by atoms with E-state index in [1.165, 1.54) is 11.8 Å². The lowest BCUT2D eigenvalue weighted by molar-refractivity contribution is -0.120. The van der Waals surface area contributed by atoms with Crippen molar-refractivity contribution in [2.45, 2.75) is 19.4 Å². The van der Waals surface area contributed by atoms with E-state index in [1.54, 1.807) is 24.3 Å². The molecule has 0 aliphatic carbocycles. The molecule has 1 heterocycles. The number of benzene rings is 2. The van der Waals surface area contributed by atoms with E-state index in [0.717, 1.165) is 17.7 Å².